The minimum atomic E-state index is -0.849. The van der Waals surface area contributed by atoms with E-state index in [1.165, 1.54) is 0 Å². The number of nitrogens with one attached hydrogen (secondary N) is 2. The number of carbonyl (C=O) groups excluding carboxylic acids is 1. The molecule has 0 radical (unpaired) electrons. The minimum Gasteiger partial charge on any atom is -0.481 e. The van der Waals surface area contributed by atoms with Crippen molar-refractivity contribution in [2.75, 3.05) is 44.2 Å². The van der Waals surface area contributed by atoms with Crippen molar-refractivity contribution < 1.29 is 14.7 Å². The normalized spacial score (nSPS) is 17.4. The zero-order valence-corrected chi connectivity index (χ0v) is 12.9. The Bertz CT molecular complexity index is 309. The molecular formula is C13H25N3O3S. The number of thioether (sulfide) groups is 1. The van der Waals surface area contributed by atoms with Gasteiger partial charge in [0.1, 0.15) is 0 Å². The van der Waals surface area contributed by atoms with Crippen molar-refractivity contribution >= 4 is 23.8 Å². The molecule has 2 amide bonds. The predicted molar refractivity (Wildman–Crippen MR) is 81.2 cm³/mol. The Labute approximate surface area is 124 Å². The van der Waals surface area contributed by atoms with Gasteiger partial charge in [-0.1, -0.05) is 13.3 Å². The molecule has 20 heavy (non-hydrogen) atoms. The summed E-state index contributed by atoms with van der Waals surface area (Å²) in [6, 6.07) is -0.279. The summed E-state index contributed by atoms with van der Waals surface area (Å²) in [5, 5.41) is 14.4. The quantitative estimate of drug-likeness (QED) is 0.619. The summed E-state index contributed by atoms with van der Waals surface area (Å²) in [6.45, 7) is 5.73. The van der Waals surface area contributed by atoms with Crippen LogP contribution in [0.4, 0.5) is 4.79 Å². The lowest BCUT2D eigenvalue weighted by molar-refractivity contribution is -0.141. The first-order chi connectivity index (χ1) is 9.63. The van der Waals surface area contributed by atoms with E-state index in [2.05, 4.69) is 15.5 Å². The molecule has 0 spiro atoms. The molecular weight excluding hydrogens is 278 g/mol. The average Bonchev–Trinajstić information content (AvgIpc) is 2.44. The topological polar surface area (TPSA) is 81.7 Å². The zero-order valence-electron chi connectivity index (χ0n) is 12.1. The summed E-state index contributed by atoms with van der Waals surface area (Å²) in [5.74, 6) is 0.968. The third kappa shape index (κ3) is 7.00. The van der Waals surface area contributed by atoms with Crippen LogP contribution in [0.1, 0.15) is 19.8 Å². The van der Waals surface area contributed by atoms with Crippen molar-refractivity contribution in [1.82, 2.24) is 15.5 Å². The maximum atomic E-state index is 11.6. The number of nitrogens with zero attached hydrogens (tertiary/aromatic N) is 1. The monoisotopic (exact) mass is 303 g/mol. The van der Waals surface area contributed by atoms with Gasteiger partial charge >= 0.3 is 12.0 Å². The van der Waals surface area contributed by atoms with E-state index in [1.807, 2.05) is 18.7 Å². The number of aliphatic carboxylic acids is 1. The molecule has 1 atom stereocenters. The van der Waals surface area contributed by atoms with E-state index >= 15 is 0 Å². The maximum Gasteiger partial charge on any atom is 0.314 e. The van der Waals surface area contributed by atoms with Crippen molar-refractivity contribution in [2.45, 2.75) is 19.8 Å². The Hall–Kier alpha value is -0.950. The lowest BCUT2D eigenvalue weighted by Gasteiger charge is -2.26. The fourth-order valence-electron chi connectivity index (χ4n) is 2.09. The number of carbonyl (C=O) groups is 2. The van der Waals surface area contributed by atoms with Gasteiger partial charge in [-0.3, -0.25) is 9.69 Å². The van der Waals surface area contributed by atoms with Crippen LogP contribution in [0.3, 0.4) is 0 Å². The van der Waals surface area contributed by atoms with Crippen molar-refractivity contribution in [2.24, 2.45) is 5.92 Å². The summed E-state index contributed by atoms with van der Waals surface area (Å²) in [6.07, 6.45) is 1.38. The van der Waals surface area contributed by atoms with Crippen LogP contribution in [-0.4, -0.2) is 66.2 Å². The van der Waals surface area contributed by atoms with Crippen LogP contribution in [0, 0.1) is 5.92 Å². The van der Waals surface area contributed by atoms with E-state index < -0.39 is 11.9 Å². The van der Waals surface area contributed by atoms with Gasteiger partial charge < -0.3 is 15.7 Å². The number of rotatable bonds is 8. The first kappa shape index (κ1) is 17.1. The molecule has 7 heteroatoms. The molecule has 0 aliphatic carbocycles. The largest absolute Gasteiger partial charge is 0.481 e. The molecule has 1 aliphatic heterocycles. The van der Waals surface area contributed by atoms with Gasteiger partial charge in [0.15, 0.2) is 0 Å². The van der Waals surface area contributed by atoms with Crippen LogP contribution >= 0.6 is 11.8 Å². The third-order valence-electron chi connectivity index (χ3n) is 3.31. The van der Waals surface area contributed by atoms with Gasteiger partial charge in [-0.05, 0) is 6.42 Å². The lowest BCUT2D eigenvalue weighted by Crippen LogP contribution is -2.44. The molecule has 1 aliphatic rings. The molecule has 1 heterocycles. The van der Waals surface area contributed by atoms with Gasteiger partial charge in [0.05, 0.1) is 5.92 Å². The Morgan fingerprint density at radius 1 is 1.30 bits per heavy atom. The highest BCUT2D eigenvalue weighted by molar-refractivity contribution is 7.99. The summed E-state index contributed by atoms with van der Waals surface area (Å²) < 4.78 is 0. The van der Waals surface area contributed by atoms with Crippen LogP contribution in [0.15, 0.2) is 0 Å². The first-order valence-corrected chi connectivity index (χ1v) is 8.33. The predicted octanol–water partition coefficient (Wildman–Crippen LogP) is 0.835. The number of hydrogen-bond donors (Lipinski definition) is 3. The van der Waals surface area contributed by atoms with Crippen LogP contribution in [0.25, 0.3) is 0 Å². The fraction of sp³-hybridized carbons (Fsp3) is 0.846. The Morgan fingerprint density at radius 2 is 2.00 bits per heavy atom. The summed E-state index contributed by atoms with van der Waals surface area (Å²) in [5.41, 5.74) is 0. The first-order valence-electron chi connectivity index (χ1n) is 7.18. The summed E-state index contributed by atoms with van der Waals surface area (Å²) in [4.78, 5) is 24.8. The second kappa shape index (κ2) is 9.88. The van der Waals surface area contributed by atoms with Crippen molar-refractivity contribution in [3.05, 3.63) is 0 Å². The molecule has 1 rings (SSSR count). The minimum absolute atomic E-state index is 0.190. The van der Waals surface area contributed by atoms with E-state index in [-0.39, 0.29) is 12.6 Å². The average molecular weight is 303 g/mol. The highest BCUT2D eigenvalue weighted by Gasteiger charge is 2.17. The second-order valence-corrected chi connectivity index (χ2v) is 6.14. The smallest absolute Gasteiger partial charge is 0.314 e. The van der Waals surface area contributed by atoms with Gasteiger partial charge in [-0.15, -0.1) is 0 Å². The number of urea groups is 1. The molecule has 0 saturated carbocycles. The number of hydrogen-bond acceptors (Lipinski definition) is 4. The third-order valence-corrected chi connectivity index (χ3v) is 4.26. The number of carboxylic acids is 1. The van der Waals surface area contributed by atoms with Gasteiger partial charge in [0.2, 0.25) is 0 Å². The molecule has 0 aromatic carbocycles. The van der Waals surface area contributed by atoms with E-state index in [0.717, 1.165) is 37.6 Å². The molecule has 1 unspecified atom stereocenters. The van der Waals surface area contributed by atoms with Gasteiger partial charge in [-0.2, -0.15) is 11.8 Å². The second-order valence-electron chi connectivity index (χ2n) is 4.91. The van der Waals surface area contributed by atoms with Crippen molar-refractivity contribution in [3.8, 4) is 0 Å². The van der Waals surface area contributed by atoms with Gasteiger partial charge in [0.25, 0.3) is 0 Å². The van der Waals surface area contributed by atoms with Crippen LogP contribution < -0.4 is 10.6 Å². The lowest BCUT2D eigenvalue weighted by atomic mass is 10.0. The standard InChI is InChI=1S/C13H25N3O3S/c1-2-3-11(12(17)18)10-15-13(19)14-4-5-16-6-8-20-9-7-16/h11H,2-10H2,1H3,(H,17,18)(H2,14,15,19). The van der Waals surface area contributed by atoms with E-state index in [9.17, 15) is 9.59 Å². The van der Waals surface area contributed by atoms with Crippen molar-refractivity contribution in [3.63, 3.8) is 0 Å². The molecule has 1 fully saturated rings. The maximum absolute atomic E-state index is 11.6. The molecule has 0 bridgehead atoms. The molecule has 0 aromatic heterocycles. The van der Waals surface area contributed by atoms with E-state index in [4.69, 9.17) is 5.11 Å². The van der Waals surface area contributed by atoms with Crippen LogP contribution in [0.2, 0.25) is 0 Å². The zero-order chi connectivity index (χ0) is 14.8. The summed E-state index contributed by atoms with van der Waals surface area (Å²) in [7, 11) is 0. The van der Waals surface area contributed by atoms with Crippen LogP contribution in [-0.2, 0) is 4.79 Å². The highest BCUT2D eigenvalue weighted by atomic mass is 32.2. The van der Waals surface area contributed by atoms with E-state index in [0.29, 0.717) is 13.0 Å². The Morgan fingerprint density at radius 3 is 2.60 bits per heavy atom. The molecule has 1 saturated heterocycles. The van der Waals surface area contributed by atoms with Gasteiger partial charge in [-0.25, -0.2) is 4.79 Å². The number of carboxylic acid groups (broad SMARTS) is 1. The molecule has 6 nitrogen and oxygen atoms in total. The Balaban J connectivity index is 2.11. The van der Waals surface area contributed by atoms with Crippen LogP contribution in [0.5, 0.6) is 0 Å². The SMILES string of the molecule is CCCC(CNC(=O)NCCN1CCSCC1)C(=O)O. The van der Waals surface area contributed by atoms with Gasteiger partial charge in [0, 0.05) is 44.2 Å². The fourth-order valence-corrected chi connectivity index (χ4v) is 3.07. The molecule has 116 valence electrons. The molecule has 3 N–H and O–H groups in total. The van der Waals surface area contributed by atoms with E-state index in [1.54, 1.807) is 0 Å². The highest BCUT2D eigenvalue weighted by Crippen LogP contribution is 2.08. The number of amides is 2. The Kier molecular flexibility index (Phi) is 8.45. The van der Waals surface area contributed by atoms with Crippen molar-refractivity contribution in [1.29, 1.82) is 0 Å². The molecule has 0 aromatic rings. The summed E-state index contributed by atoms with van der Waals surface area (Å²) >= 11 is 1.96.